The molecular weight excluding hydrogens is 258 g/mol. The normalized spacial score (nSPS) is 25.4. The molecule has 1 amide bonds. The van der Waals surface area contributed by atoms with Crippen molar-refractivity contribution < 1.29 is 14.3 Å². The van der Waals surface area contributed by atoms with Crippen LogP contribution in [0.2, 0.25) is 0 Å². The Morgan fingerprint density at radius 3 is 2.95 bits per heavy atom. The molecule has 0 bridgehead atoms. The molecule has 108 valence electrons. The van der Waals surface area contributed by atoms with Crippen LogP contribution in [0.25, 0.3) is 0 Å². The quantitative estimate of drug-likeness (QED) is 0.864. The van der Waals surface area contributed by atoms with E-state index in [0.29, 0.717) is 36.4 Å². The number of nitrogens with zero attached hydrogens (tertiary/aromatic N) is 2. The van der Waals surface area contributed by atoms with Crippen molar-refractivity contribution >= 4 is 5.91 Å². The second-order valence-electron chi connectivity index (χ2n) is 5.33. The van der Waals surface area contributed by atoms with Crippen LogP contribution in [-0.4, -0.2) is 49.1 Å². The molecule has 2 fully saturated rings. The minimum atomic E-state index is 0.178. The number of methoxy groups -OCH3 is 2. The van der Waals surface area contributed by atoms with Gasteiger partial charge in [0.2, 0.25) is 5.91 Å². The fourth-order valence-corrected chi connectivity index (χ4v) is 3.14. The van der Waals surface area contributed by atoms with E-state index in [1.54, 1.807) is 26.5 Å². The Labute approximate surface area is 118 Å². The van der Waals surface area contributed by atoms with Crippen LogP contribution < -0.4 is 14.8 Å². The number of nitrogens with one attached hydrogen (secondary N) is 1. The molecule has 1 aromatic rings. The Bertz CT molecular complexity index is 504. The molecule has 0 radical (unpaired) electrons. The summed E-state index contributed by atoms with van der Waals surface area (Å²) in [5, 5.41) is 3.03. The van der Waals surface area contributed by atoms with Crippen molar-refractivity contribution in [3.05, 3.63) is 18.0 Å². The van der Waals surface area contributed by atoms with Crippen LogP contribution >= 0.6 is 0 Å². The van der Waals surface area contributed by atoms with Gasteiger partial charge in [0.25, 0.3) is 0 Å². The fraction of sp³-hybridized carbons (Fsp3) is 0.571. The highest BCUT2D eigenvalue weighted by molar-refractivity contribution is 5.79. The summed E-state index contributed by atoms with van der Waals surface area (Å²) in [4.78, 5) is 18.0. The van der Waals surface area contributed by atoms with E-state index >= 15 is 0 Å². The molecule has 0 saturated carbocycles. The number of fused-ring (bicyclic) bond motifs is 1. The molecule has 3 heterocycles. The third-order valence-corrected chi connectivity index (χ3v) is 4.05. The second-order valence-corrected chi connectivity index (χ2v) is 5.33. The van der Waals surface area contributed by atoms with Crippen LogP contribution in [0.5, 0.6) is 11.5 Å². The highest BCUT2D eigenvalue weighted by atomic mass is 16.5. The Balaban J connectivity index is 1.72. The largest absolute Gasteiger partial charge is 0.493 e. The van der Waals surface area contributed by atoms with Gasteiger partial charge in [-0.1, -0.05) is 0 Å². The lowest BCUT2D eigenvalue weighted by Gasteiger charge is -2.18. The Hall–Kier alpha value is -1.82. The lowest BCUT2D eigenvalue weighted by molar-refractivity contribution is -0.119. The molecule has 0 aromatic carbocycles. The first-order valence-corrected chi connectivity index (χ1v) is 6.79. The zero-order valence-corrected chi connectivity index (χ0v) is 11.8. The Morgan fingerprint density at radius 2 is 2.25 bits per heavy atom. The number of aromatic nitrogens is 1. The van der Waals surface area contributed by atoms with Crippen LogP contribution in [0, 0.1) is 5.92 Å². The van der Waals surface area contributed by atoms with Crippen molar-refractivity contribution in [2.75, 3.05) is 27.3 Å². The van der Waals surface area contributed by atoms with Gasteiger partial charge in [0.1, 0.15) is 5.69 Å². The summed E-state index contributed by atoms with van der Waals surface area (Å²) in [6.45, 7) is 2.51. The highest BCUT2D eigenvalue weighted by Gasteiger charge is 2.40. The number of ether oxygens (including phenoxy) is 2. The molecule has 0 aliphatic carbocycles. The molecule has 6 nitrogen and oxygen atoms in total. The first-order valence-electron chi connectivity index (χ1n) is 6.79. The van der Waals surface area contributed by atoms with Gasteiger partial charge in [-0.25, -0.2) is 0 Å². The first-order chi connectivity index (χ1) is 9.71. The zero-order valence-electron chi connectivity index (χ0n) is 11.8. The molecule has 6 heteroatoms. The lowest BCUT2D eigenvalue weighted by atomic mass is 10.1. The zero-order chi connectivity index (χ0) is 14.1. The minimum absolute atomic E-state index is 0.178. The standard InChI is InChI=1S/C14H19N3O3/c1-19-12-3-4-15-11(14(12)20-2)8-17-6-9-5-13(18)16-10(9)7-17/h3-4,9-10H,5-8H2,1-2H3,(H,16,18)/t9-,10+/m0/s1. The molecule has 2 atom stereocenters. The Morgan fingerprint density at radius 1 is 1.40 bits per heavy atom. The number of carbonyl (C=O) groups is 1. The van der Waals surface area contributed by atoms with Crippen LogP contribution in [0.3, 0.4) is 0 Å². The van der Waals surface area contributed by atoms with Gasteiger partial charge in [-0.2, -0.15) is 0 Å². The maximum Gasteiger partial charge on any atom is 0.220 e. The van der Waals surface area contributed by atoms with Crippen LogP contribution in [0.15, 0.2) is 12.3 Å². The Kier molecular flexibility index (Phi) is 3.48. The van der Waals surface area contributed by atoms with E-state index in [2.05, 4.69) is 15.2 Å². The lowest BCUT2D eigenvalue weighted by Crippen LogP contribution is -2.32. The van der Waals surface area contributed by atoms with E-state index in [0.717, 1.165) is 18.8 Å². The maximum atomic E-state index is 11.3. The van der Waals surface area contributed by atoms with Crippen molar-refractivity contribution in [2.45, 2.75) is 19.0 Å². The summed E-state index contributed by atoms with van der Waals surface area (Å²) < 4.78 is 10.7. The maximum absolute atomic E-state index is 11.3. The molecule has 0 unspecified atom stereocenters. The van der Waals surface area contributed by atoms with E-state index in [1.807, 2.05) is 0 Å². The number of pyridine rings is 1. The summed E-state index contributed by atoms with van der Waals surface area (Å²) in [5.41, 5.74) is 0.873. The van der Waals surface area contributed by atoms with Gasteiger partial charge < -0.3 is 14.8 Å². The smallest absolute Gasteiger partial charge is 0.220 e. The van der Waals surface area contributed by atoms with E-state index in [9.17, 15) is 4.79 Å². The van der Waals surface area contributed by atoms with E-state index < -0.39 is 0 Å². The molecule has 2 aliphatic heterocycles. The molecule has 20 heavy (non-hydrogen) atoms. The average molecular weight is 277 g/mol. The number of carbonyl (C=O) groups excluding carboxylic acids is 1. The van der Waals surface area contributed by atoms with E-state index in [4.69, 9.17) is 9.47 Å². The number of hydrogen-bond donors (Lipinski definition) is 1. The van der Waals surface area contributed by atoms with Crippen molar-refractivity contribution in [1.82, 2.24) is 15.2 Å². The van der Waals surface area contributed by atoms with Crippen molar-refractivity contribution in [3.8, 4) is 11.5 Å². The van der Waals surface area contributed by atoms with Gasteiger partial charge in [0.15, 0.2) is 11.5 Å². The summed E-state index contributed by atoms with van der Waals surface area (Å²) in [7, 11) is 3.25. The highest BCUT2D eigenvalue weighted by Crippen LogP contribution is 2.32. The predicted octanol–water partition coefficient (Wildman–Crippen LogP) is 0.419. The minimum Gasteiger partial charge on any atom is -0.493 e. The van der Waals surface area contributed by atoms with Crippen molar-refractivity contribution in [3.63, 3.8) is 0 Å². The van der Waals surface area contributed by atoms with E-state index in [1.165, 1.54) is 0 Å². The summed E-state index contributed by atoms with van der Waals surface area (Å²) in [6.07, 6.45) is 2.37. The molecule has 2 aliphatic rings. The van der Waals surface area contributed by atoms with Gasteiger partial charge >= 0.3 is 0 Å². The van der Waals surface area contributed by atoms with Crippen molar-refractivity contribution in [1.29, 1.82) is 0 Å². The monoisotopic (exact) mass is 277 g/mol. The second kappa shape index (κ2) is 5.28. The number of amides is 1. The van der Waals surface area contributed by atoms with Crippen LogP contribution in [0.1, 0.15) is 12.1 Å². The van der Waals surface area contributed by atoms with Crippen molar-refractivity contribution in [2.24, 2.45) is 5.92 Å². The molecule has 3 rings (SSSR count). The van der Waals surface area contributed by atoms with Crippen LogP contribution in [0.4, 0.5) is 0 Å². The molecule has 0 spiro atoms. The molecule has 2 saturated heterocycles. The van der Waals surface area contributed by atoms with E-state index in [-0.39, 0.29) is 5.91 Å². The molecule has 1 aromatic heterocycles. The molecule has 1 N–H and O–H groups in total. The van der Waals surface area contributed by atoms with Gasteiger partial charge in [-0.05, 0) is 0 Å². The third-order valence-electron chi connectivity index (χ3n) is 4.05. The topological polar surface area (TPSA) is 63.7 Å². The fourth-order valence-electron chi connectivity index (χ4n) is 3.14. The summed E-state index contributed by atoms with van der Waals surface area (Å²) >= 11 is 0. The van der Waals surface area contributed by atoms with Gasteiger partial charge in [0.05, 0.1) is 14.2 Å². The molecular formula is C14H19N3O3. The number of hydrogen-bond acceptors (Lipinski definition) is 5. The van der Waals surface area contributed by atoms with Gasteiger partial charge in [-0.3, -0.25) is 14.7 Å². The first kappa shape index (κ1) is 13.2. The SMILES string of the molecule is COc1ccnc(CN2C[C@@H]3CC(=O)N[C@@H]3C2)c1OC. The summed E-state index contributed by atoms with van der Waals surface area (Å²) in [6, 6.07) is 2.08. The predicted molar refractivity (Wildman–Crippen MR) is 72.7 cm³/mol. The van der Waals surface area contributed by atoms with Crippen LogP contribution in [-0.2, 0) is 11.3 Å². The number of likely N-dealkylation sites (tertiary alicyclic amines) is 1. The third kappa shape index (κ3) is 2.31. The number of rotatable bonds is 4. The summed E-state index contributed by atoms with van der Waals surface area (Å²) in [5.74, 6) is 2.00. The van der Waals surface area contributed by atoms with Gasteiger partial charge in [0, 0.05) is 50.3 Å². The van der Waals surface area contributed by atoms with Gasteiger partial charge in [-0.15, -0.1) is 0 Å². The average Bonchev–Trinajstić information content (AvgIpc) is 2.94.